The third-order valence-corrected chi connectivity index (χ3v) is 4.84. The summed E-state index contributed by atoms with van der Waals surface area (Å²) in [6.07, 6.45) is -11.2. The molecule has 136 valence electrons. The molecule has 0 saturated carbocycles. The molecule has 0 radical (unpaired) electrons. The highest BCUT2D eigenvalue weighted by Gasteiger charge is 2.63. The van der Waals surface area contributed by atoms with Crippen molar-refractivity contribution in [3.8, 4) is 0 Å². The molecule has 0 heterocycles. The number of hydrogen-bond acceptors (Lipinski definition) is 3. The fourth-order valence-electron chi connectivity index (χ4n) is 1.80. The maximum Gasteiger partial charge on any atom is 0.418 e. The summed E-state index contributed by atoms with van der Waals surface area (Å²) in [5.74, 6) is -2.18. The Morgan fingerprint density at radius 2 is 1.74 bits per heavy atom. The van der Waals surface area contributed by atoms with Gasteiger partial charge in [0.25, 0.3) is 0 Å². The third kappa shape index (κ3) is 5.27. The SMILES string of the molecule is C=C(C)C(=O)OC(C(C)(F)C(C)CC)C(F)(I)C(O)C(F)(F)F. The van der Waals surface area contributed by atoms with E-state index in [9.17, 15) is 31.9 Å². The standard InChI is InChI=1S/C14H20F5IO3/c1-6-8(4)12(5,15)11(23-9(21)7(2)3)13(16,20)10(22)14(17,18)19/h8,10-11,22H,2,6H2,1,3-5H3. The lowest BCUT2D eigenvalue weighted by molar-refractivity contribution is -0.246. The lowest BCUT2D eigenvalue weighted by atomic mass is 9.82. The van der Waals surface area contributed by atoms with E-state index < -0.39 is 39.6 Å². The van der Waals surface area contributed by atoms with E-state index in [1.54, 1.807) is 6.92 Å². The molecule has 0 rings (SSSR count). The number of esters is 1. The molecule has 23 heavy (non-hydrogen) atoms. The van der Waals surface area contributed by atoms with Crippen LogP contribution in [0.3, 0.4) is 0 Å². The fraction of sp³-hybridized carbons (Fsp3) is 0.786. The average Bonchev–Trinajstić information content (AvgIpc) is 2.40. The Labute approximate surface area is 145 Å². The Morgan fingerprint density at radius 3 is 2.04 bits per heavy atom. The molecule has 0 fully saturated rings. The maximum absolute atomic E-state index is 15.0. The molecular weight excluding hydrogens is 438 g/mol. The molecule has 0 aliphatic rings. The van der Waals surface area contributed by atoms with Gasteiger partial charge in [-0.05, 0) is 42.4 Å². The minimum Gasteiger partial charge on any atom is -0.451 e. The highest BCUT2D eigenvalue weighted by Crippen LogP contribution is 2.46. The Bertz CT molecular complexity index is 448. The molecule has 5 unspecified atom stereocenters. The van der Waals surface area contributed by atoms with E-state index in [0.29, 0.717) is 22.6 Å². The number of carbonyl (C=O) groups excluding carboxylic acids is 1. The van der Waals surface area contributed by atoms with Crippen LogP contribution < -0.4 is 0 Å². The number of rotatable bonds is 7. The summed E-state index contributed by atoms with van der Waals surface area (Å²) in [7, 11) is 0. The van der Waals surface area contributed by atoms with Crippen molar-refractivity contribution in [2.24, 2.45) is 5.92 Å². The van der Waals surface area contributed by atoms with Crippen LogP contribution in [0.2, 0.25) is 0 Å². The molecule has 5 atom stereocenters. The predicted molar refractivity (Wildman–Crippen MR) is 83.6 cm³/mol. The Kier molecular flexibility index (Phi) is 7.47. The first-order valence-electron chi connectivity index (χ1n) is 6.78. The van der Waals surface area contributed by atoms with E-state index in [2.05, 4.69) is 11.3 Å². The molecular formula is C14H20F5IO3. The summed E-state index contributed by atoms with van der Waals surface area (Å²) in [6, 6.07) is 0. The zero-order valence-corrected chi connectivity index (χ0v) is 15.3. The van der Waals surface area contributed by atoms with Crippen molar-refractivity contribution in [1.82, 2.24) is 0 Å². The van der Waals surface area contributed by atoms with Crippen molar-refractivity contribution in [1.29, 1.82) is 0 Å². The van der Waals surface area contributed by atoms with Crippen LogP contribution in [0.4, 0.5) is 22.0 Å². The van der Waals surface area contributed by atoms with Gasteiger partial charge in [-0.15, -0.1) is 0 Å². The van der Waals surface area contributed by atoms with E-state index in [1.807, 2.05) is 0 Å². The van der Waals surface area contributed by atoms with Crippen LogP contribution >= 0.6 is 22.6 Å². The molecule has 0 spiro atoms. The van der Waals surface area contributed by atoms with Crippen LogP contribution in [0.1, 0.15) is 34.1 Å². The van der Waals surface area contributed by atoms with Crippen LogP contribution in [0.25, 0.3) is 0 Å². The summed E-state index contributed by atoms with van der Waals surface area (Å²) in [4.78, 5) is 11.6. The predicted octanol–water partition coefficient (Wildman–Crippen LogP) is 4.27. The second kappa shape index (κ2) is 7.62. The fourth-order valence-corrected chi connectivity index (χ4v) is 2.89. The third-order valence-electron chi connectivity index (χ3n) is 3.69. The van der Waals surface area contributed by atoms with Gasteiger partial charge in [-0.1, -0.05) is 26.8 Å². The summed E-state index contributed by atoms with van der Waals surface area (Å²) in [5, 5.41) is 9.27. The van der Waals surface area contributed by atoms with Gasteiger partial charge < -0.3 is 9.84 Å². The molecule has 0 aromatic heterocycles. The molecule has 0 amide bonds. The lowest BCUT2D eigenvalue weighted by Gasteiger charge is -2.41. The Hall–Kier alpha value is -0.450. The van der Waals surface area contributed by atoms with Crippen molar-refractivity contribution < 1.29 is 36.6 Å². The minimum atomic E-state index is -5.35. The molecule has 0 saturated heterocycles. The molecule has 0 aliphatic carbocycles. The summed E-state index contributed by atoms with van der Waals surface area (Å²) >= 11 is 0.637. The van der Waals surface area contributed by atoms with Gasteiger partial charge in [0.2, 0.25) is 3.68 Å². The van der Waals surface area contributed by atoms with Crippen LogP contribution in [0.15, 0.2) is 12.2 Å². The molecule has 0 aromatic rings. The number of aliphatic hydroxyl groups is 1. The largest absolute Gasteiger partial charge is 0.451 e. The first-order chi connectivity index (χ1) is 10.1. The van der Waals surface area contributed by atoms with Crippen LogP contribution in [-0.2, 0) is 9.53 Å². The van der Waals surface area contributed by atoms with Gasteiger partial charge in [0.15, 0.2) is 17.9 Å². The quantitative estimate of drug-likeness (QED) is 0.204. The summed E-state index contributed by atoms with van der Waals surface area (Å²) in [5.41, 5.74) is -2.88. The lowest BCUT2D eigenvalue weighted by Crippen LogP contribution is -2.60. The first kappa shape index (κ1) is 22.6. The number of aliphatic hydroxyl groups excluding tert-OH is 1. The molecule has 0 aromatic carbocycles. The van der Waals surface area contributed by atoms with Gasteiger partial charge in [0.1, 0.15) is 0 Å². The molecule has 9 heteroatoms. The summed E-state index contributed by atoms with van der Waals surface area (Å²) in [6.45, 7) is 8.14. The highest BCUT2D eigenvalue weighted by molar-refractivity contribution is 14.1. The Morgan fingerprint density at radius 1 is 1.30 bits per heavy atom. The molecule has 1 N–H and O–H groups in total. The van der Waals surface area contributed by atoms with Gasteiger partial charge in [0.05, 0.1) is 0 Å². The number of alkyl halides is 6. The van der Waals surface area contributed by atoms with Gasteiger partial charge in [0, 0.05) is 5.57 Å². The molecule has 0 aliphatic heterocycles. The van der Waals surface area contributed by atoms with Gasteiger partial charge in [-0.2, -0.15) is 13.2 Å². The number of ether oxygens (including phenoxy) is 1. The Balaban J connectivity index is 5.94. The zero-order chi connectivity index (χ0) is 18.8. The average molecular weight is 458 g/mol. The van der Waals surface area contributed by atoms with Crippen molar-refractivity contribution in [2.45, 2.75) is 61.8 Å². The number of hydrogen-bond donors (Lipinski definition) is 1. The minimum absolute atomic E-state index is 0.156. The van der Waals surface area contributed by atoms with Gasteiger partial charge in [-0.3, -0.25) is 0 Å². The van der Waals surface area contributed by atoms with E-state index in [4.69, 9.17) is 0 Å². The van der Waals surface area contributed by atoms with Crippen LogP contribution in [0.5, 0.6) is 0 Å². The number of carbonyl (C=O) groups is 1. The normalized spacial score (nSPS) is 21.5. The monoisotopic (exact) mass is 458 g/mol. The second-order valence-electron chi connectivity index (χ2n) is 5.64. The van der Waals surface area contributed by atoms with Crippen molar-refractivity contribution in [3.05, 3.63) is 12.2 Å². The summed E-state index contributed by atoms with van der Waals surface area (Å²) < 4.78 is 68.8. The van der Waals surface area contributed by atoms with Crippen LogP contribution in [0, 0.1) is 5.92 Å². The van der Waals surface area contributed by atoms with Crippen LogP contribution in [-0.4, -0.2) is 38.8 Å². The highest BCUT2D eigenvalue weighted by atomic mass is 127. The van der Waals surface area contributed by atoms with Crippen molar-refractivity contribution >= 4 is 28.6 Å². The zero-order valence-electron chi connectivity index (χ0n) is 13.2. The smallest absolute Gasteiger partial charge is 0.418 e. The van der Waals surface area contributed by atoms with Crippen molar-refractivity contribution in [2.75, 3.05) is 0 Å². The maximum atomic E-state index is 15.0. The van der Waals surface area contributed by atoms with E-state index in [0.717, 1.165) is 6.92 Å². The van der Waals surface area contributed by atoms with Gasteiger partial charge in [-0.25, -0.2) is 13.6 Å². The molecule has 0 bridgehead atoms. The molecule has 3 nitrogen and oxygen atoms in total. The second-order valence-corrected chi connectivity index (χ2v) is 7.30. The van der Waals surface area contributed by atoms with E-state index in [1.165, 1.54) is 13.8 Å². The van der Waals surface area contributed by atoms with E-state index in [-0.39, 0.29) is 12.0 Å². The van der Waals surface area contributed by atoms with Crippen molar-refractivity contribution in [3.63, 3.8) is 0 Å². The number of halogens is 6. The first-order valence-corrected chi connectivity index (χ1v) is 7.85. The van der Waals surface area contributed by atoms with E-state index >= 15 is 0 Å². The van der Waals surface area contributed by atoms with Gasteiger partial charge >= 0.3 is 12.1 Å². The topological polar surface area (TPSA) is 46.5 Å².